The van der Waals surface area contributed by atoms with Crippen LogP contribution >= 0.6 is 0 Å². The lowest BCUT2D eigenvalue weighted by Crippen LogP contribution is -3.19. The van der Waals surface area contributed by atoms with Gasteiger partial charge in [0.05, 0.1) is 20.1 Å². The maximum absolute atomic E-state index is 14.3. The normalized spacial score (nSPS) is 26.0. The fourth-order valence-corrected chi connectivity index (χ4v) is 6.12. The van der Waals surface area contributed by atoms with E-state index in [0.717, 1.165) is 19.3 Å². The topological polar surface area (TPSA) is 145 Å². The third kappa shape index (κ3) is 9.27. The SMILES string of the molecule is COC(=O)C1CCC=CCCCCCC(NC(=O)OC(C)(C)C)C(=O)[NH+]2CC(OC(=O)N3Cc4cccc(F)c4C3)CC2C(=O)N1. The number of nitrogens with one attached hydrogen (secondary N) is 3. The van der Waals surface area contributed by atoms with Crippen molar-refractivity contribution in [1.82, 2.24) is 15.5 Å². The summed E-state index contributed by atoms with van der Waals surface area (Å²) in [7, 11) is 1.24. The van der Waals surface area contributed by atoms with Crippen LogP contribution in [0.2, 0.25) is 0 Å². The number of esters is 1. The van der Waals surface area contributed by atoms with Crippen molar-refractivity contribution in [2.45, 2.75) is 115 Å². The van der Waals surface area contributed by atoms with Gasteiger partial charge >= 0.3 is 24.1 Å². The molecule has 13 heteroatoms. The maximum atomic E-state index is 14.3. The maximum Gasteiger partial charge on any atom is 0.410 e. The highest BCUT2D eigenvalue weighted by molar-refractivity contribution is 5.89. The molecule has 4 rings (SSSR count). The number of allylic oxidation sites excluding steroid dienone is 2. The van der Waals surface area contributed by atoms with Crippen LogP contribution in [0.1, 0.15) is 83.3 Å². The Balaban J connectivity index is 1.56. The van der Waals surface area contributed by atoms with Crippen molar-refractivity contribution in [3.63, 3.8) is 0 Å². The Labute approximate surface area is 269 Å². The van der Waals surface area contributed by atoms with Gasteiger partial charge < -0.3 is 24.8 Å². The second-order valence-electron chi connectivity index (χ2n) is 13.1. The van der Waals surface area contributed by atoms with Gasteiger partial charge in [-0.05, 0) is 64.5 Å². The van der Waals surface area contributed by atoms with Crippen molar-refractivity contribution >= 4 is 30.0 Å². The number of benzene rings is 1. The Bertz CT molecular complexity index is 1330. The lowest BCUT2D eigenvalue weighted by Gasteiger charge is -2.26. The van der Waals surface area contributed by atoms with Crippen LogP contribution in [0.3, 0.4) is 0 Å². The standard InChI is InChI=1S/C33H45FN4O8/c1-33(2,3)46-31(42)36-25-15-10-8-6-5-7-9-11-16-26(30(41)44-4)35-28(39)27-17-22(19-38(27)29(25)40)45-32(43)37-18-21-13-12-14-24(34)23(21)20-37/h7,9,12-14,22,25-27H,5-6,8,10-11,15-20H2,1-4H3,(H,35,39)(H,36,42)/p+1. The summed E-state index contributed by atoms with van der Waals surface area (Å²) in [5, 5.41) is 5.45. The molecular formula is C33H46FN4O8+. The zero-order valence-corrected chi connectivity index (χ0v) is 27.1. The highest BCUT2D eigenvalue weighted by Gasteiger charge is 2.49. The average Bonchev–Trinajstić information content (AvgIpc) is 3.62. The van der Waals surface area contributed by atoms with E-state index in [1.807, 2.05) is 12.2 Å². The number of hydrogen-bond acceptors (Lipinski definition) is 8. The molecule has 0 radical (unpaired) electrons. The summed E-state index contributed by atoms with van der Waals surface area (Å²) in [4.78, 5) is 68.0. The van der Waals surface area contributed by atoms with Gasteiger partial charge in [-0.2, -0.15) is 0 Å². The van der Waals surface area contributed by atoms with Crippen LogP contribution in [0.5, 0.6) is 0 Å². The Kier molecular flexibility index (Phi) is 11.8. The number of carbonyl (C=O) groups excluding carboxylic acids is 5. The molecule has 5 unspecified atom stereocenters. The number of rotatable bonds is 3. The van der Waals surface area contributed by atoms with Crippen LogP contribution in [0.15, 0.2) is 30.4 Å². The van der Waals surface area contributed by atoms with Crippen molar-refractivity contribution in [3.05, 3.63) is 47.3 Å². The van der Waals surface area contributed by atoms with Crippen molar-refractivity contribution in [2.75, 3.05) is 13.7 Å². The molecule has 3 aliphatic heterocycles. The van der Waals surface area contributed by atoms with E-state index in [-0.39, 0.29) is 31.0 Å². The largest absolute Gasteiger partial charge is 0.467 e. The van der Waals surface area contributed by atoms with Gasteiger partial charge in [0.1, 0.15) is 30.0 Å². The summed E-state index contributed by atoms with van der Waals surface area (Å²) in [5.41, 5.74) is 0.321. The summed E-state index contributed by atoms with van der Waals surface area (Å²) >= 11 is 0. The summed E-state index contributed by atoms with van der Waals surface area (Å²) < 4.78 is 30.5. The van der Waals surface area contributed by atoms with Gasteiger partial charge in [-0.3, -0.25) is 14.6 Å². The Morgan fingerprint density at radius 3 is 2.52 bits per heavy atom. The molecule has 4 amide bonds. The van der Waals surface area contributed by atoms with E-state index in [0.29, 0.717) is 36.8 Å². The lowest BCUT2D eigenvalue weighted by molar-refractivity contribution is -0.825. The van der Waals surface area contributed by atoms with E-state index in [4.69, 9.17) is 14.2 Å². The molecule has 46 heavy (non-hydrogen) atoms. The van der Waals surface area contributed by atoms with Crippen molar-refractivity contribution in [1.29, 1.82) is 0 Å². The number of fused-ring (bicyclic) bond motifs is 2. The zero-order valence-electron chi connectivity index (χ0n) is 27.1. The molecule has 3 heterocycles. The number of halogens is 1. The van der Waals surface area contributed by atoms with Crippen LogP contribution in [0, 0.1) is 5.82 Å². The van der Waals surface area contributed by atoms with E-state index in [9.17, 15) is 28.4 Å². The highest BCUT2D eigenvalue weighted by atomic mass is 19.1. The molecule has 252 valence electrons. The Morgan fingerprint density at radius 2 is 1.80 bits per heavy atom. The molecular weight excluding hydrogens is 599 g/mol. The van der Waals surface area contributed by atoms with Crippen molar-refractivity contribution < 1.29 is 47.5 Å². The Morgan fingerprint density at radius 1 is 1.04 bits per heavy atom. The number of quaternary nitrogens is 1. The minimum Gasteiger partial charge on any atom is -0.467 e. The molecule has 12 nitrogen and oxygen atoms in total. The van der Waals surface area contributed by atoms with Gasteiger partial charge in [-0.1, -0.05) is 37.1 Å². The fourth-order valence-electron chi connectivity index (χ4n) is 6.12. The number of amides is 4. The molecule has 1 aromatic rings. The molecule has 0 saturated carbocycles. The summed E-state index contributed by atoms with van der Waals surface area (Å²) in [6, 6.07) is 1.74. The molecule has 1 fully saturated rings. The van der Waals surface area contributed by atoms with Crippen LogP contribution in [-0.2, 0) is 41.7 Å². The van der Waals surface area contributed by atoms with Gasteiger partial charge in [0.15, 0.2) is 12.1 Å². The van der Waals surface area contributed by atoms with Gasteiger partial charge in [-0.25, -0.2) is 23.6 Å². The first kappa shape index (κ1) is 34.9. The van der Waals surface area contributed by atoms with Crippen molar-refractivity contribution in [3.8, 4) is 0 Å². The first-order valence-corrected chi connectivity index (χ1v) is 16.0. The molecule has 1 aromatic carbocycles. The molecule has 5 atom stereocenters. The van der Waals surface area contributed by atoms with Gasteiger partial charge in [0.25, 0.3) is 5.91 Å². The molecule has 3 aliphatic rings. The molecule has 0 aromatic heterocycles. The minimum atomic E-state index is -1.02. The average molecular weight is 646 g/mol. The second-order valence-corrected chi connectivity index (χ2v) is 13.1. The predicted molar refractivity (Wildman–Crippen MR) is 164 cm³/mol. The van der Waals surface area contributed by atoms with E-state index >= 15 is 0 Å². The number of hydrogen-bond donors (Lipinski definition) is 3. The van der Waals surface area contributed by atoms with E-state index in [2.05, 4.69) is 10.6 Å². The molecule has 0 aliphatic carbocycles. The van der Waals surface area contributed by atoms with Crippen LogP contribution in [0.25, 0.3) is 0 Å². The molecule has 1 saturated heterocycles. The van der Waals surface area contributed by atoms with Crippen molar-refractivity contribution in [2.24, 2.45) is 0 Å². The molecule has 0 spiro atoms. The van der Waals surface area contributed by atoms with Gasteiger partial charge in [0.2, 0.25) is 0 Å². The molecule has 3 N–H and O–H groups in total. The monoisotopic (exact) mass is 645 g/mol. The Hall–Kier alpha value is -4.00. The van der Waals surface area contributed by atoms with Gasteiger partial charge in [-0.15, -0.1) is 0 Å². The highest BCUT2D eigenvalue weighted by Crippen LogP contribution is 2.26. The fraction of sp³-hybridized carbons (Fsp3) is 0.606. The number of carbonyl (C=O) groups is 5. The van der Waals surface area contributed by atoms with E-state index in [1.54, 1.807) is 32.9 Å². The number of methoxy groups -OCH3 is 1. The van der Waals surface area contributed by atoms with Gasteiger partial charge in [0, 0.05) is 12.1 Å². The first-order valence-electron chi connectivity index (χ1n) is 16.0. The summed E-state index contributed by atoms with van der Waals surface area (Å²) in [6.07, 6.45) is 6.05. The summed E-state index contributed by atoms with van der Waals surface area (Å²) in [6.45, 7) is 5.35. The third-order valence-electron chi connectivity index (χ3n) is 8.41. The number of ether oxygens (including phenoxy) is 3. The quantitative estimate of drug-likeness (QED) is 0.259. The smallest absolute Gasteiger partial charge is 0.410 e. The number of alkyl carbamates (subject to hydrolysis) is 1. The predicted octanol–water partition coefficient (Wildman–Crippen LogP) is 2.68. The minimum absolute atomic E-state index is 0.000743. The van der Waals surface area contributed by atoms with Crippen LogP contribution < -0.4 is 15.5 Å². The van der Waals surface area contributed by atoms with Crippen LogP contribution in [0.4, 0.5) is 14.0 Å². The van der Waals surface area contributed by atoms with E-state index < -0.39 is 65.6 Å². The number of nitrogens with zero attached hydrogens (tertiary/aromatic N) is 1. The first-order chi connectivity index (χ1) is 21.9. The summed E-state index contributed by atoms with van der Waals surface area (Å²) in [5.74, 6) is -2.02. The van der Waals surface area contributed by atoms with Crippen LogP contribution in [-0.4, -0.2) is 78.4 Å². The second kappa shape index (κ2) is 15.5. The molecule has 0 bridgehead atoms. The third-order valence-corrected chi connectivity index (χ3v) is 8.41. The zero-order chi connectivity index (χ0) is 33.4. The lowest BCUT2D eigenvalue weighted by atomic mass is 10.0. The van der Waals surface area contributed by atoms with E-state index in [1.165, 1.54) is 18.1 Å².